The summed E-state index contributed by atoms with van der Waals surface area (Å²) in [5.74, 6) is 1.48. The monoisotopic (exact) mass is 420 g/mol. The minimum atomic E-state index is -0.302. The molecule has 0 saturated carbocycles. The van der Waals surface area contributed by atoms with Gasteiger partial charge in [0, 0.05) is 16.9 Å². The lowest BCUT2D eigenvalue weighted by Gasteiger charge is -2.09. The van der Waals surface area contributed by atoms with Gasteiger partial charge >= 0.3 is 0 Å². The molecular formula is C24H24N2O5. The predicted molar refractivity (Wildman–Crippen MR) is 119 cm³/mol. The maximum atomic E-state index is 12.4. The third-order valence-electron chi connectivity index (χ3n) is 4.28. The zero-order valence-electron chi connectivity index (χ0n) is 17.4. The summed E-state index contributed by atoms with van der Waals surface area (Å²) in [7, 11) is 1.58. The molecule has 0 aliphatic carbocycles. The Morgan fingerprint density at radius 2 is 1.23 bits per heavy atom. The van der Waals surface area contributed by atoms with Gasteiger partial charge in [-0.05, 0) is 79.7 Å². The molecule has 7 nitrogen and oxygen atoms in total. The summed E-state index contributed by atoms with van der Waals surface area (Å²) in [4.78, 5) is 24.5. The molecule has 31 heavy (non-hydrogen) atoms. The molecule has 0 saturated heterocycles. The molecule has 3 aromatic carbocycles. The summed E-state index contributed by atoms with van der Waals surface area (Å²) in [6, 6.07) is 20.7. The van der Waals surface area contributed by atoms with Crippen molar-refractivity contribution in [2.45, 2.75) is 6.92 Å². The topological polar surface area (TPSA) is 85.9 Å². The maximum Gasteiger partial charge on any atom is 0.262 e. The Hall–Kier alpha value is -4.00. The zero-order valence-corrected chi connectivity index (χ0v) is 17.4. The van der Waals surface area contributed by atoms with E-state index in [0.717, 1.165) is 5.75 Å². The molecule has 0 radical (unpaired) electrons. The SMILES string of the molecule is CCOc1ccc(OCC(=O)Nc2ccc(C(=O)Nc3ccc(OC)cc3)cc2)cc1. The number of benzene rings is 3. The first-order chi connectivity index (χ1) is 15.1. The molecule has 2 N–H and O–H groups in total. The van der Waals surface area contributed by atoms with E-state index in [4.69, 9.17) is 14.2 Å². The fraction of sp³-hybridized carbons (Fsp3) is 0.167. The predicted octanol–water partition coefficient (Wildman–Crippen LogP) is 4.36. The molecule has 2 amide bonds. The molecule has 0 spiro atoms. The van der Waals surface area contributed by atoms with E-state index in [1.54, 1.807) is 79.9 Å². The Bertz CT molecular complexity index is 1000. The number of carbonyl (C=O) groups is 2. The van der Waals surface area contributed by atoms with Crippen molar-refractivity contribution in [1.82, 2.24) is 0 Å². The second-order valence-electron chi connectivity index (χ2n) is 6.50. The number of amides is 2. The molecule has 0 aromatic heterocycles. The molecule has 160 valence electrons. The average molecular weight is 420 g/mol. The fourth-order valence-corrected chi connectivity index (χ4v) is 2.73. The lowest BCUT2D eigenvalue weighted by molar-refractivity contribution is -0.118. The average Bonchev–Trinajstić information content (AvgIpc) is 2.80. The van der Waals surface area contributed by atoms with Gasteiger partial charge in [-0.3, -0.25) is 9.59 Å². The van der Waals surface area contributed by atoms with Crippen molar-refractivity contribution in [3.05, 3.63) is 78.4 Å². The van der Waals surface area contributed by atoms with Gasteiger partial charge in [0.1, 0.15) is 17.2 Å². The van der Waals surface area contributed by atoms with Crippen LogP contribution in [0, 0.1) is 0 Å². The van der Waals surface area contributed by atoms with E-state index in [-0.39, 0.29) is 18.4 Å². The van der Waals surface area contributed by atoms with E-state index in [1.807, 2.05) is 6.92 Å². The first-order valence-electron chi connectivity index (χ1n) is 9.78. The van der Waals surface area contributed by atoms with Crippen molar-refractivity contribution in [3.8, 4) is 17.2 Å². The molecule has 0 heterocycles. The zero-order chi connectivity index (χ0) is 22.1. The van der Waals surface area contributed by atoms with Gasteiger partial charge in [0.2, 0.25) is 0 Å². The highest BCUT2D eigenvalue weighted by Crippen LogP contribution is 2.18. The van der Waals surface area contributed by atoms with Crippen LogP contribution in [0.15, 0.2) is 72.8 Å². The normalized spacial score (nSPS) is 10.1. The van der Waals surface area contributed by atoms with Crippen molar-refractivity contribution >= 4 is 23.2 Å². The minimum Gasteiger partial charge on any atom is -0.497 e. The number of nitrogens with one attached hydrogen (secondary N) is 2. The minimum absolute atomic E-state index is 0.131. The first kappa shape index (κ1) is 21.7. The number of carbonyl (C=O) groups excluding carboxylic acids is 2. The van der Waals surface area contributed by atoms with Crippen LogP contribution in [0.25, 0.3) is 0 Å². The van der Waals surface area contributed by atoms with E-state index in [2.05, 4.69) is 10.6 Å². The number of methoxy groups -OCH3 is 1. The lowest BCUT2D eigenvalue weighted by Crippen LogP contribution is -2.20. The number of ether oxygens (including phenoxy) is 3. The molecule has 0 fully saturated rings. The molecule has 0 aliphatic heterocycles. The molecule has 0 bridgehead atoms. The van der Waals surface area contributed by atoms with Crippen molar-refractivity contribution in [2.75, 3.05) is 31.0 Å². The second kappa shape index (κ2) is 10.7. The second-order valence-corrected chi connectivity index (χ2v) is 6.50. The Kier molecular flexibility index (Phi) is 7.48. The molecule has 0 atom stereocenters. The van der Waals surface area contributed by atoms with Gasteiger partial charge < -0.3 is 24.8 Å². The van der Waals surface area contributed by atoms with Crippen LogP contribution in [0.4, 0.5) is 11.4 Å². The van der Waals surface area contributed by atoms with E-state index in [1.165, 1.54) is 0 Å². The number of rotatable bonds is 9. The highest BCUT2D eigenvalue weighted by molar-refractivity contribution is 6.04. The first-order valence-corrected chi connectivity index (χ1v) is 9.78. The molecule has 0 unspecified atom stereocenters. The third-order valence-corrected chi connectivity index (χ3v) is 4.28. The highest BCUT2D eigenvalue weighted by atomic mass is 16.5. The van der Waals surface area contributed by atoms with Crippen molar-refractivity contribution in [3.63, 3.8) is 0 Å². The van der Waals surface area contributed by atoms with Gasteiger partial charge in [-0.25, -0.2) is 0 Å². The van der Waals surface area contributed by atoms with Crippen LogP contribution in [0.2, 0.25) is 0 Å². The number of hydrogen-bond acceptors (Lipinski definition) is 5. The van der Waals surface area contributed by atoms with Crippen molar-refractivity contribution in [1.29, 1.82) is 0 Å². The van der Waals surface area contributed by atoms with Gasteiger partial charge in [0.05, 0.1) is 13.7 Å². The molecule has 0 aliphatic rings. The van der Waals surface area contributed by atoms with Crippen molar-refractivity contribution in [2.24, 2.45) is 0 Å². The van der Waals surface area contributed by atoms with Crippen LogP contribution < -0.4 is 24.8 Å². The van der Waals surface area contributed by atoms with Crippen LogP contribution in [0.5, 0.6) is 17.2 Å². The van der Waals surface area contributed by atoms with Crippen LogP contribution in [-0.4, -0.2) is 32.1 Å². The Labute approximate surface area is 180 Å². The Morgan fingerprint density at radius 1 is 0.710 bits per heavy atom. The largest absolute Gasteiger partial charge is 0.497 e. The summed E-state index contributed by atoms with van der Waals surface area (Å²) >= 11 is 0. The fourth-order valence-electron chi connectivity index (χ4n) is 2.73. The summed E-state index contributed by atoms with van der Waals surface area (Å²) < 4.78 is 15.9. The smallest absolute Gasteiger partial charge is 0.262 e. The van der Waals surface area contributed by atoms with Crippen LogP contribution in [0.1, 0.15) is 17.3 Å². The van der Waals surface area contributed by atoms with Gasteiger partial charge in [0.25, 0.3) is 11.8 Å². The Morgan fingerprint density at radius 3 is 1.81 bits per heavy atom. The summed E-state index contributed by atoms with van der Waals surface area (Å²) in [6.45, 7) is 2.37. The van der Waals surface area contributed by atoms with Crippen LogP contribution in [0.3, 0.4) is 0 Å². The third kappa shape index (κ3) is 6.50. The van der Waals surface area contributed by atoms with E-state index < -0.39 is 0 Å². The van der Waals surface area contributed by atoms with Gasteiger partial charge in [-0.15, -0.1) is 0 Å². The summed E-state index contributed by atoms with van der Waals surface area (Å²) in [5, 5.41) is 5.55. The van der Waals surface area contributed by atoms with Crippen molar-refractivity contribution < 1.29 is 23.8 Å². The molecular weight excluding hydrogens is 396 g/mol. The molecule has 3 aromatic rings. The standard InChI is InChI=1S/C24H24N2O5/c1-3-30-21-12-14-22(15-13-21)31-16-23(27)25-18-6-4-17(5-7-18)24(28)26-19-8-10-20(29-2)11-9-19/h4-15H,3,16H2,1-2H3,(H,25,27)(H,26,28). The summed E-state index contributed by atoms with van der Waals surface area (Å²) in [6.07, 6.45) is 0. The Balaban J connectivity index is 1.48. The van der Waals surface area contributed by atoms with Gasteiger partial charge in [-0.1, -0.05) is 0 Å². The molecule has 7 heteroatoms. The lowest BCUT2D eigenvalue weighted by atomic mass is 10.2. The highest BCUT2D eigenvalue weighted by Gasteiger charge is 2.08. The molecule has 3 rings (SSSR count). The number of anilines is 2. The van der Waals surface area contributed by atoms with E-state index >= 15 is 0 Å². The van der Waals surface area contributed by atoms with E-state index in [9.17, 15) is 9.59 Å². The van der Waals surface area contributed by atoms with Crippen LogP contribution in [-0.2, 0) is 4.79 Å². The van der Waals surface area contributed by atoms with Crippen LogP contribution >= 0.6 is 0 Å². The van der Waals surface area contributed by atoms with Gasteiger partial charge in [0.15, 0.2) is 6.61 Å². The number of hydrogen-bond donors (Lipinski definition) is 2. The van der Waals surface area contributed by atoms with Gasteiger partial charge in [-0.2, -0.15) is 0 Å². The maximum absolute atomic E-state index is 12.4. The quantitative estimate of drug-likeness (QED) is 0.537. The summed E-state index contributed by atoms with van der Waals surface area (Å²) in [5.41, 5.74) is 1.70. The van der Waals surface area contributed by atoms with E-state index in [0.29, 0.717) is 35.0 Å².